The number of aryl methyl sites for hydroxylation is 1. The van der Waals surface area contributed by atoms with Crippen LogP contribution in [0.3, 0.4) is 0 Å². The van der Waals surface area contributed by atoms with E-state index in [2.05, 4.69) is 15.3 Å². The molecule has 1 aliphatic carbocycles. The van der Waals surface area contributed by atoms with Crippen LogP contribution >= 0.6 is 0 Å². The van der Waals surface area contributed by atoms with Gasteiger partial charge in [-0.3, -0.25) is 9.97 Å². The van der Waals surface area contributed by atoms with Crippen molar-refractivity contribution < 1.29 is 8.42 Å². The Morgan fingerprint density at radius 3 is 2.74 bits per heavy atom. The molecule has 0 aliphatic heterocycles. The van der Waals surface area contributed by atoms with Gasteiger partial charge in [-0.1, -0.05) is 6.42 Å². The summed E-state index contributed by atoms with van der Waals surface area (Å²) < 4.78 is 23.2. The summed E-state index contributed by atoms with van der Waals surface area (Å²) in [6.45, 7) is 2.55. The first-order valence-electron chi connectivity index (χ1n) is 6.65. The summed E-state index contributed by atoms with van der Waals surface area (Å²) in [6.07, 6.45) is 8.35. The molecule has 2 unspecified atom stereocenters. The minimum absolute atomic E-state index is 0.192. The maximum Gasteiger partial charge on any atom is 0.150 e. The van der Waals surface area contributed by atoms with Crippen LogP contribution in [0.1, 0.15) is 37.1 Å². The Kier molecular flexibility index (Phi) is 4.52. The molecule has 1 saturated carbocycles. The molecule has 1 aliphatic rings. The van der Waals surface area contributed by atoms with Crippen molar-refractivity contribution in [3.63, 3.8) is 0 Å². The first kappa shape index (κ1) is 14.4. The predicted molar refractivity (Wildman–Crippen MR) is 74.5 cm³/mol. The first-order chi connectivity index (χ1) is 8.95. The summed E-state index contributed by atoms with van der Waals surface area (Å²) in [5, 5.41) is 3.20. The minimum atomic E-state index is -2.92. The van der Waals surface area contributed by atoms with Gasteiger partial charge in [-0.15, -0.1) is 0 Å². The van der Waals surface area contributed by atoms with Crippen LogP contribution in [0.4, 0.5) is 0 Å². The number of sulfone groups is 1. The van der Waals surface area contributed by atoms with Crippen LogP contribution in [-0.4, -0.2) is 35.9 Å². The zero-order chi connectivity index (χ0) is 13.9. The van der Waals surface area contributed by atoms with Crippen molar-refractivity contribution in [2.75, 3.05) is 6.26 Å². The average Bonchev–Trinajstić information content (AvgIpc) is 2.37. The third-order valence-corrected chi connectivity index (χ3v) is 5.28. The molecule has 1 aromatic heterocycles. The van der Waals surface area contributed by atoms with Crippen LogP contribution in [-0.2, 0) is 16.4 Å². The second-order valence-electron chi connectivity index (χ2n) is 5.35. The topological polar surface area (TPSA) is 72.0 Å². The van der Waals surface area contributed by atoms with Crippen molar-refractivity contribution in [2.24, 2.45) is 0 Å². The van der Waals surface area contributed by atoms with E-state index >= 15 is 0 Å². The maximum absolute atomic E-state index is 11.6. The monoisotopic (exact) mass is 283 g/mol. The third-order valence-electron chi connectivity index (χ3n) is 3.64. The van der Waals surface area contributed by atoms with Gasteiger partial charge in [-0.25, -0.2) is 8.42 Å². The number of nitrogens with zero attached hydrogens (tertiary/aromatic N) is 2. The Morgan fingerprint density at radius 2 is 2.11 bits per heavy atom. The van der Waals surface area contributed by atoms with Gasteiger partial charge >= 0.3 is 0 Å². The van der Waals surface area contributed by atoms with E-state index in [4.69, 9.17) is 0 Å². The van der Waals surface area contributed by atoms with Crippen molar-refractivity contribution >= 4 is 9.84 Å². The van der Waals surface area contributed by atoms with Crippen LogP contribution < -0.4 is 5.32 Å². The van der Waals surface area contributed by atoms with Gasteiger partial charge < -0.3 is 5.32 Å². The summed E-state index contributed by atoms with van der Waals surface area (Å²) in [6, 6.07) is 0.261. The van der Waals surface area contributed by atoms with Gasteiger partial charge in [0.25, 0.3) is 0 Å². The standard InChI is InChI=1S/C13H21N3O2S/c1-10-7-15-12(8-14-10)9-16-11-4-3-5-13(6-11)19(2,17)18/h7-8,11,13,16H,3-6,9H2,1-2H3. The molecule has 0 radical (unpaired) electrons. The lowest BCUT2D eigenvalue weighted by molar-refractivity contribution is 0.369. The van der Waals surface area contributed by atoms with Crippen molar-refractivity contribution in [3.05, 3.63) is 23.8 Å². The van der Waals surface area contributed by atoms with Crippen molar-refractivity contribution in [1.82, 2.24) is 15.3 Å². The van der Waals surface area contributed by atoms with Crippen molar-refractivity contribution in [2.45, 2.75) is 50.4 Å². The second kappa shape index (κ2) is 5.96. The van der Waals surface area contributed by atoms with Crippen LogP contribution in [0.25, 0.3) is 0 Å². The smallest absolute Gasteiger partial charge is 0.150 e. The zero-order valence-corrected chi connectivity index (χ0v) is 12.3. The van der Waals surface area contributed by atoms with Gasteiger partial charge in [0.2, 0.25) is 0 Å². The molecular weight excluding hydrogens is 262 g/mol. The molecular formula is C13H21N3O2S. The second-order valence-corrected chi connectivity index (χ2v) is 7.67. The highest BCUT2D eigenvalue weighted by Crippen LogP contribution is 2.23. The fourth-order valence-electron chi connectivity index (χ4n) is 2.48. The Hall–Kier alpha value is -1.01. The largest absolute Gasteiger partial charge is 0.308 e. The molecule has 0 bridgehead atoms. The molecule has 1 heterocycles. The maximum atomic E-state index is 11.6. The summed E-state index contributed by atoms with van der Waals surface area (Å²) in [5.41, 5.74) is 1.80. The normalized spacial score (nSPS) is 24.3. The number of hydrogen-bond donors (Lipinski definition) is 1. The quantitative estimate of drug-likeness (QED) is 0.900. The predicted octanol–water partition coefficient (Wildman–Crippen LogP) is 1.23. The van der Waals surface area contributed by atoms with E-state index in [0.717, 1.165) is 30.7 Å². The van der Waals surface area contributed by atoms with Crippen molar-refractivity contribution in [1.29, 1.82) is 0 Å². The number of hydrogen-bond acceptors (Lipinski definition) is 5. The van der Waals surface area contributed by atoms with E-state index < -0.39 is 9.84 Å². The third kappa shape index (κ3) is 4.24. The van der Waals surface area contributed by atoms with Crippen LogP contribution in [0.2, 0.25) is 0 Å². The fourth-order valence-corrected chi connectivity index (χ4v) is 3.66. The summed E-state index contributed by atoms with van der Waals surface area (Å²) in [5.74, 6) is 0. The SMILES string of the molecule is Cc1cnc(CNC2CCCC(S(C)(=O)=O)C2)cn1. The molecule has 106 valence electrons. The molecule has 1 N–H and O–H groups in total. The van der Waals surface area contributed by atoms with Gasteiger partial charge in [0.05, 0.1) is 16.6 Å². The minimum Gasteiger partial charge on any atom is -0.308 e. The summed E-state index contributed by atoms with van der Waals surface area (Å²) in [7, 11) is -2.92. The van der Waals surface area contributed by atoms with Crippen molar-refractivity contribution in [3.8, 4) is 0 Å². The van der Waals surface area contributed by atoms with E-state index in [-0.39, 0.29) is 11.3 Å². The fraction of sp³-hybridized carbons (Fsp3) is 0.692. The lowest BCUT2D eigenvalue weighted by Gasteiger charge is -2.28. The van der Waals surface area contributed by atoms with Gasteiger partial charge in [0, 0.05) is 31.2 Å². The first-order valence-corrected chi connectivity index (χ1v) is 8.60. The van der Waals surface area contributed by atoms with Crippen LogP contribution in [0.15, 0.2) is 12.4 Å². The summed E-state index contributed by atoms with van der Waals surface area (Å²) >= 11 is 0. The molecule has 0 aromatic carbocycles. The molecule has 0 spiro atoms. The molecule has 1 fully saturated rings. The highest BCUT2D eigenvalue weighted by molar-refractivity contribution is 7.91. The molecule has 19 heavy (non-hydrogen) atoms. The molecule has 0 saturated heterocycles. The van der Waals surface area contributed by atoms with Crippen LogP contribution in [0, 0.1) is 6.92 Å². The zero-order valence-electron chi connectivity index (χ0n) is 11.5. The molecule has 2 rings (SSSR count). The molecule has 5 nitrogen and oxygen atoms in total. The highest BCUT2D eigenvalue weighted by Gasteiger charge is 2.28. The van der Waals surface area contributed by atoms with E-state index in [1.54, 1.807) is 12.4 Å². The van der Waals surface area contributed by atoms with E-state index in [9.17, 15) is 8.42 Å². The van der Waals surface area contributed by atoms with E-state index in [1.807, 2.05) is 6.92 Å². The lowest BCUT2D eigenvalue weighted by atomic mass is 9.95. The van der Waals surface area contributed by atoms with Gasteiger partial charge in [-0.2, -0.15) is 0 Å². The Morgan fingerprint density at radius 1 is 1.32 bits per heavy atom. The Bertz CT molecular complexity index is 513. The highest BCUT2D eigenvalue weighted by atomic mass is 32.2. The van der Waals surface area contributed by atoms with E-state index in [0.29, 0.717) is 13.0 Å². The average molecular weight is 283 g/mol. The molecule has 6 heteroatoms. The van der Waals surface area contributed by atoms with E-state index in [1.165, 1.54) is 6.26 Å². The molecule has 0 amide bonds. The number of nitrogens with one attached hydrogen (secondary N) is 1. The lowest BCUT2D eigenvalue weighted by Crippen LogP contribution is -2.38. The summed E-state index contributed by atoms with van der Waals surface area (Å²) in [4.78, 5) is 8.49. The molecule has 1 aromatic rings. The molecule has 2 atom stereocenters. The number of aromatic nitrogens is 2. The Labute approximate surface area is 114 Å². The van der Waals surface area contributed by atoms with Gasteiger partial charge in [-0.05, 0) is 26.2 Å². The van der Waals surface area contributed by atoms with Gasteiger partial charge in [0.15, 0.2) is 0 Å². The van der Waals surface area contributed by atoms with Crippen LogP contribution in [0.5, 0.6) is 0 Å². The Balaban J connectivity index is 1.87. The van der Waals surface area contributed by atoms with Gasteiger partial charge in [0.1, 0.15) is 9.84 Å². The number of rotatable bonds is 4.